The van der Waals surface area contributed by atoms with Gasteiger partial charge in [-0.3, -0.25) is 0 Å². The Balaban J connectivity index is 3.05. The Morgan fingerprint density at radius 2 is 2.23 bits per heavy atom. The van der Waals surface area contributed by atoms with Crippen LogP contribution in [-0.4, -0.2) is 12.6 Å². The van der Waals surface area contributed by atoms with Crippen LogP contribution in [0.15, 0.2) is 18.2 Å². The molecule has 1 rings (SSSR count). The first-order valence-corrected chi connectivity index (χ1v) is 5.17. The molecule has 0 saturated heterocycles. The van der Waals surface area contributed by atoms with Crippen molar-refractivity contribution in [2.45, 2.75) is 13.8 Å². The van der Waals surface area contributed by atoms with E-state index >= 15 is 0 Å². The van der Waals surface area contributed by atoms with E-state index in [1.165, 1.54) is 0 Å². The Morgan fingerprint density at radius 3 is 2.77 bits per heavy atom. The number of carbonyl (C=O) groups is 1. The third kappa shape index (κ3) is 2.43. The van der Waals surface area contributed by atoms with Crippen molar-refractivity contribution in [1.29, 1.82) is 0 Å². The molecule has 0 N–H and O–H groups in total. The van der Waals surface area contributed by atoms with Crippen LogP contribution in [-0.2, 0) is 4.74 Å². The minimum Gasteiger partial charge on any atom is -0.462 e. The van der Waals surface area contributed by atoms with E-state index < -0.39 is 0 Å². The van der Waals surface area contributed by atoms with Crippen molar-refractivity contribution in [2.24, 2.45) is 0 Å². The molecule has 0 aliphatic heterocycles. The predicted octanol–water partition coefficient (Wildman–Crippen LogP) is 2.78. The van der Waals surface area contributed by atoms with Gasteiger partial charge in [0.15, 0.2) is 0 Å². The van der Waals surface area contributed by atoms with Crippen molar-refractivity contribution in [1.82, 2.24) is 0 Å². The first kappa shape index (κ1) is 10.5. The number of hydrogen-bond donors (Lipinski definition) is 0. The van der Waals surface area contributed by atoms with Crippen molar-refractivity contribution < 1.29 is 9.53 Å². The van der Waals surface area contributed by atoms with Gasteiger partial charge in [0, 0.05) is 3.57 Å². The van der Waals surface area contributed by atoms with Gasteiger partial charge >= 0.3 is 5.97 Å². The highest BCUT2D eigenvalue weighted by atomic mass is 127. The molecule has 0 amide bonds. The average molecular weight is 290 g/mol. The zero-order valence-corrected chi connectivity index (χ0v) is 9.79. The number of rotatable bonds is 2. The zero-order valence-electron chi connectivity index (χ0n) is 7.63. The fourth-order valence-corrected chi connectivity index (χ4v) is 1.95. The molecule has 13 heavy (non-hydrogen) atoms. The number of halogens is 1. The fourth-order valence-electron chi connectivity index (χ4n) is 1.09. The lowest BCUT2D eigenvalue weighted by molar-refractivity contribution is 0.0524. The van der Waals surface area contributed by atoms with E-state index in [9.17, 15) is 4.79 Å². The summed E-state index contributed by atoms with van der Waals surface area (Å²) in [6.45, 7) is 4.14. The molecule has 1 aromatic carbocycles. The van der Waals surface area contributed by atoms with Crippen LogP contribution < -0.4 is 0 Å². The standard InChI is InChI=1S/C10H11IO2/c1-3-13-10(12)9-7(2)5-4-6-8(9)11/h4-6H,3H2,1-2H3. The van der Waals surface area contributed by atoms with Crippen molar-refractivity contribution >= 4 is 28.6 Å². The highest BCUT2D eigenvalue weighted by Crippen LogP contribution is 2.17. The summed E-state index contributed by atoms with van der Waals surface area (Å²) < 4.78 is 5.89. The Kier molecular flexibility index (Phi) is 3.71. The molecule has 0 radical (unpaired) electrons. The lowest BCUT2D eigenvalue weighted by Gasteiger charge is -2.06. The van der Waals surface area contributed by atoms with Gasteiger partial charge < -0.3 is 4.74 Å². The first-order chi connectivity index (χ1) is 6.16. The number of ether oxygens (including phenoxy) is 1. The molecule has 0 aliphatic carbocycles. The van der Waals surface area contributed by atoms with Gasteiger partial charge in [0.25, 0.3) is 0 Å². The van der Waals surface area contributed by atoms with E-state index in [1.807, 2.05) is 32.0 Å². The van der Waals surface area contributed by atoms with Crippen LogP contribution in [0.4, 0.5) is 0 Å². The van der Waals surface area contributed by atoms with E-state index in [0.29, 0.717) is 12.2 Å². The summed E-state index contributed by atoms with van der Waals surface area (Å²) in [5.74, 6) is -0.231. The van der Waals surface area contributed by atoms with Crippen molar-refractivity contribution in [3.8, 4) is 0 Å². The molecule has 2 nitrogen and oxygen atoms in total. The molecule has 0 fully saturated rings. The Labute approximate surface area is 91.4 Å². The van der Waals surface area contributed by atoms with Crippen LogP contribution >= 0.6 is 22.6 Å². The molecule has 0 heterocycles. The number of esters is 1. The molecule has 0 saturated carbocycles. The van der Waals surface area contributed by atoms with Gasteiger partial charge in [0.2, 0.25) is 0 Å². The Hall–Kier alpha value is -0.580. The van der Waals surface area contributed by atoms with E-state index in [4.69, 9.17) is 4.74 Å². The largest absolute Gasteiger partial charge is 0.462 e. The van der Waals surface area contributed by atoms with E-state index in [0.717, 1.165) is 9.13 Å². The molecule has 0 unspecified atom stereocenters. The highest BCUT2D eigenvalue weighted by Gasteiger charge is 2.12. The van der Waals surface area contributed by atoms with Gasteiger partial charge in [-0.2, -0.15) is 0 Å². The zero-order chi connectivity index (χ0) is 9.84. The van der Waals surface area contributed by atoms with Crippen molar-refractivity contribution in [2.75, 3.05) is 6.61 Å². The van der Waals surface area contributed by atoms with Crippen molar-refractivity contribution in [3.63, 3.8) is 0 Å². The van der Waals surface area contributed by atoms with Crippen LogP contribution in [0.1, 0.15) is 22.8 Å². The van der Waals surface area contributed by atoms with Crippen LogP contribution in [0.5, 0.6) is 0 Å². The minimum absolute atomic E-state index is 0.231. The van der Waals surface area contributed by atoms with Gasteiger partial charge in [0.05, 0.1) is 12.2 Å². The smallest absolute Gasteiger partial charge is 0.339 e. The van der Waals surface area contributed by atoms with Crippen molar-refractivity contribution in [3.05, 3.63) is 32.9 Å². The number of aryl methyl sites for hydroxylation is 1. The highest BCUT2D eigenvalue weighted by molar-refractivity contribution is 14.1. The summed E-state index contributed by atoms with van der Waals surface area (Å²) in [6, 6.07) is 5.74. The van der Waals surface area contributed by atoms with Crippen LogP contribution in [0.3, 0.4) is 0 Å². The molecule has 0 aliphatic rings. The molecular formula is C10H11IO2. The summed E-state index contributed by atoms with van der Waals surface area (Å²) in [7, 11) is 0. The Morgan fingerprint density at radius 1 is 1.54 bits per heavy atom. The summed E-state index contributed by atoms with van der Waals surface area (Å²) >= 11 is 2.14. The van der Waals surface area contributed by atoms with Gasteiger partial charge in [-0.15, -0.1) is 0 Å². The molecule has 70 valence electrons. The van der Waals surface area contributed by atoms with E-state index in [1.54, 1.807) is 0 Å². The molecular weight excluding hydrogens is 279 g/mol. The second-order valence-corrected chi connectivity index (χ2v) is 3.81. The number of benzene rings is 1. The summed E-state index contributed by atoms with van der Waals surface area (Å²) in [4.78, 5) is 11.5. The Bertz CT molecular complexity index is 300. The van der Waals surface area contributed by atoms with Gasteiger partial charge in [-0.05, 0) is 48.1 Å². The molecule has 0 bridgehead atoms. The quantitative estimate of drug-likeness (QED) is 0.618. The summed E-state index contributed by atoms with van der Waals surface area (Å²) in [5, 5.41) is 0. The SMILES string of the molecule is CCOC(=O)c1c(C)cccc1I. The molecule has 0 atom stereocenters. The predicted molar refractivity (Wildman–Crippen MR) is 59.9 cm³/mol. The second kappa shape index (κ2) is 4.60. The average Bonchev–Trinajstić information content (AvgIpc) is 2.04. The molecule has 1 aromatic rings. The monoisotopic (exact) mass is 290 g/mol. The molecule has 0 aromatic heterocycles. The fraction of sp³-hybridized carbons (Fsp3) is 0.300. The summed E-state index contributed by atoms with van der Waals surface area (Å²) in [5.41, 5.74) is 1.65. The molecule has 0 spiro atoms. The maximum absolute atomic E-state index is 11.5. The van der Waals surface area contributed by atoms with Gasteiger partial charge in [0.1, 0.15) is 0 Å². The van der Waals surface area contributed by atoms with E-state index in [-0.39, 0.29) is 5.97 Å². The van der Waals surface area contributed by atoms with Gasteiger partial charge in [-0.25, -0.2) is 4.79 Å². The maximum Gasteiger partial charge on any atom is 0.339 e. The normalized spacial score (nSPS) is 9.77. The topological polar surface area (TPSA) is 26.3 Å². The van der Waals surface area contributed by atoms with Gasteiger partial charge in [-0.1, -0.05) is 12.1 Å². The number of carbonyl (C=O) groups excluding carboxylic acids is 1. The second-order valence-electron chi connectivity index (χ2n) is 2.65. The summed E-state index contributed by atoms with van der Waals surface area (Å²) in [6.07, 6.45) is 0. The number of hydrogen-bond acceptors (Lipinski definition) is 2. The molecule has 3 heteroatoms. The third-order valence-corrected chi connectivity index (χ3v) is 2.60. The maximum atomic E-state index is 11.5. The minimum atomic E-state index is -0.231. The first-order valence-electron chi connectivity index (χ1n) is 4.09. The van der Waals surface area contributed by atoms with E-state index in [2.05, 4.69) is 22.6 Å². The van der Waals surface area contributed by atoms with Crippen LogP contribution in [0.2, 0.25) is 0 Å². The third-order valence-electron chi connectivity index (χ3n) is 1.70. The van der Waals surface area contributed by atoms with Crippen LogP contribution in [0, 0.1) is 10.5 Å². The lowest BCUT2D eigenvalue weighted by atomic mass is 10.1. The van der Waals surface area contributed by atoms with Crippen LogP contribution in [0.25, 0.3) is 0 Å². The lowest BCUT2D eigenvalue weighted by Crippen LogP contribution is -2.08.